The lowest BCUT2D eigenvalue weighted by Crippen LogP contribution is -2.57. The average molecular weight is 401 g/mol. The van der Waals surface area contributed by atoms with Gasteiger partial charge in [0.05, 0.1) is 12.9 Å². The van der Waals surface area contributed by atoms with Crippen LogP contribution in [0, 0.1) is 0 Å². The van der Waals surface area contributed by atoms with Crippen LogP contribution >= 0.6 is 0 Å². The van der Waals surface area contributed by atoms with Crippen LogP contribution in [0.15, 0.2) is 36.9 Å². The van der Waals surface area contributed by atoms with Crippen molar-refractivity contribution in [3.05, 3.63) is 42.5 Å². The Labute approximate surface area is 166 Å². The molecule has 0 unspecified atom stereocenters. The van der Waals surface area contributed by atoms with Crippen molar-refractivity contribution in [3.63, 3.8) is 0 Å². The summed E-state index contributed by atoms with van der Waals surface area (Å²) in [7, 11) is 0. The SMILES string of the molecule is CC(C)(c1ccc(O)cc1)[C@@]1(n2cnc3c(N)ncnc32)O[C@H](CO)[C@@H](O)[C@H]1O. The fourth-order valence-electron chi connectivity index (χ4n) is 4.15. The lowest BCUT2D eigenvalue weighted by atomic mass is 9.72. The standard InChI is InChI=1S/C19H23N5O5/c1-18(2,10-3-5-11(26)6-4-10)19(15(28)14(27)12(7-25)29-19)24-9-23-13-16(20)21-8-22-17(13)24/h3-6,8-9,12,14-15,25-28H,7H2,1-2H3,(H2,20,21,22)/t12-,14-,15-,19+/m1/s1. The van der Waals surface area contributed by atoms with E-state index in [1.807, 2.05) is 13.8 Å². The summed E-state index contributed by atoms with van der Waals surface area (Å²) in [4.78, 5) is 12.5. The lowest BCUT2D eigenvalue weighted by molar-refractivity contribution is -0.186. The molecule has 1 saturated heterocycles. The van der Waals surface area contributed by atoms with Crippen molar-refractivity contribution in [1.82, 2.24) is 19.5 Å². The molecule has 4 atom stereocenters. The third kappa shape index (κ3) is 2.60. The molecule has 2 aromatic heterocycles. The second-order valence-electron chi connectivity index (χ2n) is 7.69. The number of hydrogen-bond acceptors (Lipinski definition) is 9. The topological polar surface area (TPSA) is 160 Å². The third-order valence-corrected chi connectivity index (χ3v) is 5.82. The molecule has 10 nitrogen and oxygen atoms in total. The summed E-state index contributed by atoms with van der Waals surface area (Å²) < 4.78 is 7.70. The monoisotopic (exact) mass is 401 g/mol. The van der Waals surface area contributed by atoms with Crippen LogP contribution in [0.1, 0.15) is 19.4 Å². The molecule has 1 aromatic carbocycles. The van der Waals surface area contributed by atoms with E-state index in [0.717, 1.165) is 0 Å². The molecule has 154 valence electrons. The molecule has 1 fully saturated rings. The first-order valence-electron chi connectivity index (χ1n) is 9.12. The zero-order valence-corrected chi connectivity index (χ0v) is 16.0. The highest BCUT2D eigenvalue weighted by molar-refractivity contribution is 5.81. The summed E-state index contributed by atoms with van der Waals surface area (Å²) in [5.74, 6) is 0.256. The molecule has 10 heteroatoms. The van der Waals surface area contributed by atoms with Crippen molar-refractivity contribution < 1.29 is 25.2 Å². The predicted octanol–water partition coefficient (Wildman–Crippen LogP) is -0.142. The van der Waals surface area contributed by atoms with Gasteiger partial charge in [0.1, 0.15) is 35.9 Å². The lowest BCUT2D eigenvalue weighted by Gasteiger charge is -2.46. The summed E-state index contributed by atoms with van der Waals surface area (Å²) in [6.45, 7) is 3.16. The molecule has 0 radical (unpaired) electrons. The second-order valence-corrected chi connectivity index (χ2v) is 7.69. The van der Waals surface area contributed by atoms with Crippen molar-refractivity contribution in [2.45, 2.75) is 43.3 Å². The van der Waals surface area contributed by atoms with Gasteiger partial charge in [0, 0.05) is 5.41 Å². The van der Waals surface area contributed by atoms with E-state index >= 15 is 0 Å². The number of nitrogen functional groups attached to an aromatic ring is 1. The first kappa shape index (κ1) is 19.5. The molecule has 3 aromatic rings. The number of nitrogens with two attached hydrogens (primary N) is 1. The number of aliphatic hydroxyl groups is 3. The highest BCUT2D eigenvalue weighted by atomic mass is 16.6. The highest BCUT2D eigenvalue weighted by Crippen LogP contribution is 2.50. The van der Waals surface area contributed by atoms with E-state index in [4.69, 9.17) is 10.5 Å². The summed E-state index contributed by atoms with van der Waals surface area (Å²) in [6.07, 6.45) is -1.12. The van der Waals surface area contributed by atoms with Crippen molar-refractivity contribution in [1.29, 1.82) is 0 Å². The van der Waals surface area contributed by atoms with Gasteiger partial charge in [0.25, 0.3) is 0 Å². The van der Waals surface area contributed by atoms with Gasteiger partial charge in [-0.25, -0.2) is 15.0 Å². The molecule has 6 N–H and O–H groups in total. The molecule has 1 aliphatic rings. The van der Waals surface area contributed by atoms with Gasteiger partial charge in [-0.05, 0) is 17.7 Å². The second kappa shape index (κ2) is 6.63. The first-order valence-corrected chi connectivity index (χ1v) is 9.12. The van der Waals surface area contributed by atoms with Crippen LogP contribution in [0.2, 0.25) is 0 Å². The molecule has 0 aliphatic carbocycles. The summed E-state index contributed by atoms with van der Waals surface area (Å²) in [5.41, 5.74) is 4.70. The molecule has 1 aliphatic heterocycles. The minimum absolute atomic E-state index is 0.0911. The van der Waals surface area contributed by atoms with Gasteiger partial charge >= 0.3 is 0 Å². The maximum atomic E-state index is 11.2. The molecular weight excluding hydrogens is 378 g/mol. The molecule has 0 saturated carbocycles. The van der Waals surface area contributed by atoms with E-state index < -0.39 is 36.1 Å². The van der Waals surface area contributed by atoms with E-state index in [0.29, 0.717) is 16.7 Å². The summed E-state index contributed by atoms with van der Waals surface area (Å²) >= 11 is 0. The Morgan fingerprint density at radius 1 is 1.17 bits per heavy atom. The average Bonchev–Trinajstić information content (AvgIpc) is 3.24. The highest BCUT2D eigenvalue weighted by Gasteiger charge is 2.63. The van der Waals surface area contributed by atoms with Gasteiger partial charge < -0.3 is 30.9 Å². The summed E-state index contributed by atoms with van der Waals surface area (Å²) in [6, 6.07) is 6.46. The number of hydrogen-bond donors (Lipinski definition) is 5. The van der Waals surface area contributed by atoms with E-state index in [1.165, 1.54) is 29.4 Å². The number of aromatic hydroxyl groups is 1. The van der Waals surface area contributed by atoms with E-state index in [9.17, 15) is 20.4 Å². The van der Waals surface area contributed by atoms with Crippen LogP contribution in [0.3, 0.4) is 0 Å². The van der Waals surface area contributed by atoms with Gasteiger partial charge in [0.2, 0.25) is 0 Å². The Kier molecular flexibility index (Phi) is 4.46. The maximum Gasteiger partial charge on any atom is 0.185 e. The zero-order valence-electron chi connectivity index (χ0n) is 16.0. The first-order chi connectivity index (χ1) is 13.7. The van der Waals surface area contributed by atoms with Gasteiger partial charge in [-0.2, -0.15) is 0 Å². The third-order valence-electron chi connectivity index (χ3n) is 5.82. The molecule has 3 heterocycles. The Morgan fingerprint density at radius 3 is 2.48 bits per heavy atom. The van der Waals surface area contributed by atoms with Crippen molar-refractivity contribution in [3.8, 4) is 5.75 Å². The maximum absolute atomic E-state index is 11.2. The van der Waals surface area contributed by atoms with Crippen molar-refractivity contribution in [2.24, 2.45) is 0 Å². The van der Waals surface area contributed by atoms with Gasteiger partial charge in [-0.1, -0.05) is 26.0 Å². The van der Waals surface area contributed by atoms with E-state index in [1.54, 1.807) is 12.1 Å². The van der Waals surface area contributed by atoms with Crippen molar-refractivity contribution >= 4 is 17.0 Å². The Hall–Kier alpha value is -2.79. The van der Waals surface area contributed by atoms with Gasteiger partial charge in [-0.3, -0.25) is 4.57 Å². The number of rotatable bonds is 4. The number of phenols is 1. The molecule has 0 spiro atoms. The van der Waals surface area contributed by atoms with E-state index in [-0.39, 0.29) is 11.6 Å². The number of benzene rings is 1. The molecule has 0 bridgehead atoms. The Morgan fingerprint density at radius 2 is 1.86 bits per heavy atom. The largest absolute Gasteiger partial charge is 0.508 e. The number of anilines is 1. The number of fused-ring (bicyclic) bond motifs is 1. The zero-order chi connectivity index (χ0) is 21.0. The molecule has 4 rings (SSSR count). The van der Waals surface area contributed by atoms with Crippen LogP contribution in [0.25, 0.3) is 11.2 Å². The minimum atomic E-state index is -1.59. The van der Waals surface area contributed by atoms with E-state index in [2.05, 4.69) is 15.0 Å². The number of aliphatic hydroxyl groups excluding tert-OH is 3. The number of imidazole rings is 1. The number of aromatic nitrogens is 4. The number of phenolic OH excluding ortho intramolecular Hbond substituents is 1. The smallest absolute Gasteiger partial charge is 0.185 e. The Bertz CT molecular complexity index is 1040. The quantitative estimate of drug-likeness (QED) is 0.401. The van der Waals surface area contributed by atoms with Gasteiger partial charge in [-0.15, -0.1) is 0 Å². The fourth-order valence-corrected chi connectivity index (χ4v) is 4.15. The normalized spacial score (nSPS) is 27.6. The predicted molar refractivity (Wildman–Crippen MR) is 103 cm³/mol. The number of nitrogens with zero attached hydrogens (tertiary/aromatic N) is 4. The summed E-state index contributed by atoms with van der Waals surface area (Å²) in [5, 5.41) is 41.2. The number of ether oxygens (including phenoxy) is 1. The minimum Gasteiger partial charge on any atom is -0.508 e. The van der Waals surface area contributed by atoms with Crippen LogP contribution in [-0.2, 0) is 15.9 Å². The fraction of sp³-hybridized carbons (Fsp3) is 0.421. The molecular formula is C19H23N5O5. The Balaban J connectivity index is 2.00. The van der Waals surface area contributed by atoms with Crippen molar-refractivity contribution in [2.75, 3.05) is 12.3 Å². The van der Waals surface area contributed by atoms with Crippen LogP contribution in [-0.4, -0.2) is 64.9 Å². The molecule has 0 amide bonds. The van der Waals surface area contributed by atoms with Crippen LogP contribution in [0.4, 0.5) is 5.82 Å². The molecule has 29 heavy (non-hydrogen) atoms. The van der Waals surface area contributed by atoms with Crippen LogP contribution < -0.4 is 5.73 Å². The van der Waals surface area contributed by atoms with Gasteiger partial charge in [0.15, 0.2) is 17.2 Å². The van der Waals surface area contributed by atoms with Crippen LogP contribution in [0.5, 0.6) is 5.75 Å².